The molecule has 0 saturated carbocycles. The first-order chi connectivity index (χ1) is 11.9. The minimum Gasteiger partial charge on any atom is -0.307 e. The lowest BCUT2D eigenvalue weighted by atomic mass is 10.1. The summed E-state index contributed by atoms with van der Waals surface area (Å²) < 4.78 is 57.5. The summed E-state index contributed by atoms with van der Waals surface area (Å²) in [4.78, 5) is 24.7. The van der Waals surface area contributed by atoms with E-state index in [1.807, 2.05) is 0 Å². The highest BCUT2D eigenvalue weighted by molar-refractivity contribution is 6.14. The van der Waals surface area contributed by atoms with Gasteiger partial charge >= 0.3 is 0 Å². The van der Waals surface area contributed by atoms with Gasteiger partial charge in [-0.25, -0.2) is 17.6 Å². The number of fused-ring (bicyclic) bond motifs is 3. The topological polar surface area (TPSA) is 38.5 Å². The molecule has 0 amide bonds. The predicted molar refractivity (Wildman–Crippen MR) is 84.7 cm³/mol. The van der Waals surface area contributed by atoms with Gasteiger partial charge in [0.2, 0.25) is 0 Å². The number of para-hydroxylation sites is 1. The third-order valence-electron chi connectivity index (χ3n) is 4.59. The van der Waals surface area contributed by atoms with Crippen LogP contribution in [0.15, 0.2) is 39.9 Å². The van der Waals surface area contributed by atoms with Gasteiger partial charge in [0.05, 0.1) is 27.3 Å². The SMILES string of the molecule is O=c1cc2c3c(F)c(F)c(F)c(F)c3c3cc(=O)c4cccc1c4n23. The van der Waals surface area contributed by atoms with Gasteiger partial charge in [0.25, 0.3) is 0 Å². The first kappa shape index (κ1) is 14.2. The van der Waals surface area contributed by atoms with Crippen LogP contribution in [0.25, 0.3) is 38.1 Å². The molecule has 0 radical (unpaired) electrons. The van der Waals surface area contributed by atoms with Crippen molar-refractivity contribution in [3.63, 3.8) is 0 Å². The highest BCUT2D eigenvalue weighted by Crippen LogP contribution is 2.37. The van der Waals surface area contributed by atoms with E-state index in [4.69, 9.17) is 0 Å². The molecule has 3 nitrogen and oxygen atoms in total. The van der Waals surface area contributed by atoms with Crippen LogP contribution in [0.2, 0.25) is 0 Å². The van der Waals surface area contributed by atoms with Crippen molar-refractivity contribution in [2.75, 3.05) is 0 Å². The molecule has 0 fully saturated rings. The largest absolute Gasteiger partial charge is 0.307 e. The number of rotatable bonds is 0. The molecule has 25 heavy (non-hydrogen) atoms. The molecule has 7 heteroatoms. The van der Waals surface area contributed by atoms with E-state index in [0.29, 0.717) is 0 Å². The normalized spacial score (nSPS) is 12.3. The molecular formula is C18H5F4NO2. The van der Waals surface area contributed by atoms with Gasteiger partial charge in [-0.05, 0) is 12.1 Å². The Morgan fingerprint density at radius 2 is 1.12 bits per heavy atom. The van der Waals surface area contributed by atoms with Gasteiger partial charge in [0.1, 0.15) is 0 Å². The fraction of sp³-hybridized carbons (Fsp3) is 0. The highest BCUT2D eigenvalue weighted by atomic mass is 19.2. The van der Waals surface area contributed by atoms with Gasteiger partial charge in [-0.3, -0.25) is 9.59 Å². The second kappa shape index (κ2) is 4.24. The molecule has 5 aromatic rings. The van der Waals surface area contributed by atoms with Gasteiger partial charge < -0.3 is 4.40 Å². The van der Waals surface area contributed by atoms with Gasteiger partial charge in [0, 0.05) is 22.9 Å². The minimum absolute atomic E-state index is 0.117. The molecule has 0 saturated heterocycles. The number of nitrogens with zero attached hydrogens (tertiary/aromatic N) is 1. The Hall–Kier alpha value is -3.22. The maximum atomic E-state index is 14.4. The average molecular weight is 343 g/mol. The Kier molecular flexibility index (Phi) is 2.40. The maximum Gasteiger partial charge on any atom is 0.198 e. The average Bonchev–Trinajstić information content (AvgIpc) is 2.92. The van der Waals surface area contributed by atoms with Crippen molar-refractivity contribution in [1.82, 2.24) is 4.40 Å². The number of pyridine rings is 2. The number of hydrogen-bond donors (Lipinski definition) is 0. The van der Waals surface area contributed by atoms with Crippen molar-refractivity contribution < 1.29 is 17.6 Å². The Labute approximate surface area is 135 Å². The Bertz CT molecular complexity index is 1370. The summed E-state index contributed by atoms with van der Waals surface area (Å²) in [5.74, 6) is -7.13. The van der Waals surface area contributed by atoms with Crippen LogP contribution in [0, 0.1) is 23.3 Å². The zero-order valence-electron chi connectivity index (χ0n) is 12.2. The lowest BCUT2D eigenvalue weighted by molar-refractivity contribution is 0.418. The van der Waals surface area contributed by atoms with Gasteiger partial charge in [-0.1, -0.05) is 6.07 Å². The van der Waals surface area contributed by atoms with E-state index in [1.165, 1.54) is 22.6 Å². The van der Waals surface area contributed by atoms with E-state index in [1.54, 1.807) is 0 Å². The maximum absolute atomic E-state index is 14.4. The molecule has 0 aliphatic carbocycles. The molecule has 0 N–H and O–H groups in total. The summed E-state index contributed by atoms with van der Waals surface area (Å²) in [5, 5.41) is -0.776. The number of halogens is 4. The molecule has 2 aromatic carbocycles. The van der Waals surface area contributed by atoms with Crippen LogP contribution in [-0.4, -0.2) is 4.40 Å². The van der Waals surface area contributed by atoms with E-state index in [2.05, 4.69) is 0 Å². The predicted octanol–water partition coefficient (Wildman–Crippen LogP) is 3.55. The molecule has 3 aromatic heterocycles. The van der Waals surface area contributed by atoms with Crippen molar-refractivity contribution >= 4 is 38.1 Å². The molecule has 122 valence electrons. The number of hydrogen-bond acceptors (Lipinski definition) is 2. The van der Waals surface area contributed by atoms with Crippen LogP contribution in [-0.2, 0) is 0 Å². The van der Waals surface area contributed by atoms with Crippen LogP contribution in [0.1, 0.15) is 0 Å². The Balaban J connectivity index is 2.33. The molecule has 0 bridgehead atoms. The molecule has 0 aliphatic rings. The standard InChI is InChI=1S/C18H5F4NO2/c19-14-12-8-4-10(24)6-2-1-3-7-11(25)5-9(23(8)18(6)7)13(12)15(20)17(22)16(14)21/h1-5H. The molecule has 0 aliphatic heterocycles. The smallest absolute Gasteiger partial charge is 0.198 e. The monoisotopic (exact) mass is 343 g/mol. The van der Waals surface area contributed by atoms with E-state index >= 15 is 0 Å². The van der Waals surface area contributed by atoms with Crippen molar-refractivity contribution in [2.45, 2.75) is 0 Å². The van der Waals surface area contributed by atoms with Gasteiger partial charge in [-0.2, -0.15) is 0 Å². The molecule has 0 unspecified atom stereocenters. The third kappa shape index (κ3) is 1.46. The second-order valence-electron chi connectivity index (χ2n) is 5.83. The summed E-state index contributed by atoms with van der Waals surface area (Å²) >= 11 is 0. The summed E-state index contributed by atoms with van der Waals surface area (Å²) in [6.07, 6.45) is 0. The molecule has 3 heterocycles. The van der Waals surface area contributed by atoms with E-state index in [0.717, 1.165) is 12.1 Å². The zero-order valence-corrected chi connectivity index (χ0v) is 12.2. The van der Waals surface area contributed by atoms with E-state index in [9.17, 15) is 27.2 Å². The zero-order chi connectivity index (χ0) is 17.6. The van der Waals surface area contributed by atoms with Crippen LogP contribution < -0.4 is 10.9 Å². The second-order valence-corrected chi connectivity index (χ2v) is 5.83. The first-order valence-electron chi connectivity index (χ1n) is 7.23. The molecule has 0 atom stereocenters. The molecule has 5 rings (SSSR count). The summed E-state index contributed by atoms with van der Waals surface area (Å²) in [6.45, 7) is 0. The van der Waals surface area contributed by atoms with Crippen LogP contribution in [0.3, 0.4) is 0 Å². The number of aromatic nitrogens is 1. The van der Waals surface area contributed by atoms with E-state index in [-0.39, 0.29) is 27.3 Å². The van der Waals surface area contributed by atoms with E-state index < -0.39 is 44.9 Å². The van der Waals surface area contributed by atoms with Crippen LogP contribution in [0.5, 0.6) is 0 Å². The van der Waals surface area contributed by atoms with Crippen LogP contribution >= 0.6 is 0 Å². The molecule has 0 spiro atoms. The first-order valence-corrected chi connectivity index (χ1v) is 7.23. The minimum atomic E-state index is -1.96. The highest BCUT2D eigenvalue weighted by Gasteiger charge is 2.27. The summed E-state index contributed by atoms with van der Waals surface area (Å²) in [5.41, 5.74) is -1.13. The quantitative estimate of drug-likeness (QED) is 0.245. The fourth-order valence-electron chi connectivity index (χ4n) is 3.57. The lowest BCUT2D eigenvalue weighted by Crippen LogP contribution is -2.10. The number of benzene rings is 2. The lowest BCUT2D eigenvalue weighted by Gasteiger charge is -2.07. The van der Waals surface area contributed by atoms with Crippen molar-refractivity contribution in [3.05, 3.63) is 74.0 Å². The fourth-order valence-corrected chi connectivity index (χ4v) is 3.57. The van der Waals surface area contributed by atoms with Crippen molar-refractivity contribution in [1.29, 1.82) is 0 Å². The Morgan fingerprint density at radius 3 is 1.56 bits per heavy atom. The van der Waals surface area contributed by atoms with Crippen LogP contribution in [0.4, 0.5) is 17.6 Å². The third-order valence-corrected chi connectivity index (χ3v) is 4.59. The van der Waals surface area contributed by atoms with Crippen molar-refractivity contribution in [3.8, 4) is 0 Å². The van der Waals surface area contributed by atoms with Gasteiger partial charge in [-0.15, -0.1) is 0 Å². The molecular weight excluding hydrogens is 338 g/mol. The Morgan fingerprint density at radius 1 is 0.680 bits per heavy atom. The van der Waals surface area contributed by atoms with Crippen molar-refractivity contribution in [2.24, 2.45) is 0 Å². The summed E-state index contributed by atoms with van der Waals surface area (Å²) in [6, 6.07) is 6.53. The van der Waals surface area contributed by atoms with Gasteiger partial charge in [0.15, 0.2) is 34.1 Å². The summed E-state index contributed by atoms with van der Waals surface area (Å²) in [7, 11) is 0.